The average molecular weight is 405 g/mol. The number of methoxy groups -OCH3 is 1. The van der Waals surface area contributed by atoms with Crippen LogP contribution in [0.25, 0.3) is 0 Å². The number of ether oxygens (including phenoxy) is 1. The predicted molar refractivity (Wildman–Crippen MR) is 115 cm³/mol. The second-order valence-corrected chi connectivity index (χ2v) is 6.50. The van der Waals surface area contributed by atoms with Crippen LogP contribution in [0, 0.1) is 0 Å². The summed E-state index contributed by atoms with van der Waals surface area (Å²) in [5.74, 6) is 0.495. The minimum atomic E-state index is -0.277. The monoisotopic (exact) mass is 405 g/mol. The molecular formula is C22H23N5O3. The van der Waals surface area contributed by atoms with Crippen LogP contribution in [0.15, 0.2) is 67.0 Å². The van der Waals surface area contributed by atoms with Gasteiger partial charge in [-0.25, -0.2) is 4.79 Å². The van der Waals surface area contributed by atoms with E-state index in [-0.39, 0.29) is 11.9 Å². The minimum absolute atomic E-state index is 0.273. The lowest BCUT2D eigenvalue weighted by Gasteiger charge is -2.10. The summed E-state index contributed by atoms with van der Waals surface area (Å²) in [7, 11) is 1.61. The number of nitrogens with one attached hydrogen (secondary N) is 3. The Labute approximate surface area is 174 Å². The van der Waals surface area contributed by atoms with Crippen molar-refractivity contribution in [1.29, 1.82) is 0 Å². The van der Waals surface area contributed by atoms with Gasteiger partial charge < -0.3 is 26.4 Å². The second kappa shape index (κ2) is 9.92. The zero-order valence-corrected chi connectivity index (χ0v) is 16.5. The van der Waals surface area contributed by atoms with Gasteiger partial charge in [0.05, 0.1) is 24.7 Å². The lowest BCUT2D eigenvalue weighted by atomic mass is 10.1. The Morgan fingerprint density at radius 1 is 0.933 bits per heavy atom. The SMILES string of the molecule is COc1ccc(CNC(=O)NCc2ccc(C(=O)Nc3ccncc3N)cc2)cc1. The molecule has 5 N–H and O–H groups in total. The molecule has 0 unspecified atom stereocenters. The molecule has 0 saturated heterocycles. The van der Waals surface area contributed by atoms with Crippen molar-refractivity contribution in [2.75, 3.05) is 18.2 Å². The number of hydrogen-bond acceptors (Lipinski definition) is 5. The molecule has 30 heavy (non-hydrogen) atoms. The highest BCUT2D eigenvalue weighted by atomic mass is 16.5. The summed E-state index contributed by atoms with van der Waals surface area (Å²) in [5, 5.41) is 8.33. The van der Waals surface area contributed by atoms with E-state index < -0.39 is 0 Å². The molecule has 0 saturated carbocycles. The maximum Gasteiger partial charge on any atom is 0.315 e. The van der Waals surface area contributed by atoms with E-state index >= 15 is 0 Å². The van der Waals surface area contributed by atoms with Gasteiger partial charge in [-0.3, -0.25) is 9.78 Å². The number of hydrogen-bond donors (Lipinski definition) is 4. The van der Waals surface area contributed by atoms with Gasteiger partial charge in [0.15, 0.2) is 0 Å². The molecule has 1 aromatic heterocycles. The minimum Gasteiger partial charge on any atom is -0.497 e. The maximum absolute atomic E-state index is 12.3. The summed E-state index contributed by atoms with van der Waals surface area (Å²) in [6, 6.07) is 15.8. The van der Waals surface area contributed by atoms with E-state index in [2.05, 4.69) is 20.9 Å². The summed E-state index contributed by atoms with van der Waals surface area (Å²) in [6.45, 7) is 0.751. The number of anilines is 2. The number of rotatable bonds is 7. The van der Waals surface area contributed by atoms with Crippen LogP contribution in [0.1, 0.15) is 21.5 Å². The number of nitrogens with two attached hydrogens (primary N) is 1. The molecule has 0 bridgehead atoms. The van der Waals surface area contributed by atoms with Crippen molar-refractivity contribution in [3.05, 3.63) is 83.7 Å². The normalized spacial score (nSPS) is 10.2. The van der Waals surface area contributed by atoms with E-state index in [1.165, 1.54) is 6.20 Å². The number of urea groups is 1. The summed E-state index contributed by atoms with van der Waals surface area (Å²) < 4.78 is 5.11. The zero-order valence-electron chi connectivity index (χ0n) is 16.5. The summed E-state index contributed by atoms with van der Waals surface area (Å²) in [4.78, 5) is 28.2. The van der Waals surface area contributed by atoms with E-state index in [9.17, 15) is 9.59 Å². The van der Waals surface area contributed by atoms with Crippen LogP contribution < -0.4 is 26.4 Å². The molecule has 0 aliphatic heterocycles. The van der Waals surface area contributed by atoms with Gasteiger partial charge in [0.1, 0.15) is 5.75 Å². The van der Waals surface area contributed by atoms with Crippen molar-refractivity contribution in [1.82, 2.24) is 15.6 Å². The van der Waals surface area contributed by atoms with Crippen molar-refractivity contribution < 1.29 is 14.3 Å². The van der Waals surface area contributed by atoms with Crippen molar-refractivity contribution >= 4 is 23.3 Å². The molecule has 0 fully saturated rings. The van der Waals surface area contributed by atoms with E-state index in [0.717, 1.165) is 16.9 Å². The molecule has 0 radical (unpaired) electrons. The molecule has 3 rings (SSSR count). The third-order valence-corrected chi connectivity index (χ3v) is 4.38. The van der Waals surface area contributed by atoms with E-state index in [1.54, 1.807) is 43.6 Å². The number of carbonyl (C=O) groups excluding carboxylic acids is 2. The van der Waals surface area contributed by atoms with Crippen molar-refractivity contribution in [3.63, 3.8) is 0 Å². The fraction of sp³-hybridized carbons (Fsp3) is 0.136. The van der Waals surface area contributed by atoms with Gasteiger partial charge in [-0.05, 0) is 41.5 Å². The van der Waals surface area contributed by atoms with Gasteiger partial charge in [-0.1, -0.05) is 24.3 Å². The van der Waals surface area contributed by atoms with E-state index in [1.807, 2.05) is 24.3 Å². The van der Waals surface area contributed by atoms with Crippen LogP contribution in [0.4, 0.5) is 16.2 Å². The van der Waals surface area contributed by atoms with Crippen molar-refractivity contribution in [2.24, 2.45) is 0 Å². The van der Waals surface area contributed by atoms with Gasteiger partial charge >= 0.3 is 6.03 Å². The molecule has 0 atom stereocenters. The predicted octanol–water partition coefficient (Wildman–Crippen LogP) is 2.92. The van der Waals surface area contributed by atoms with Gasteiger partial charge in [0.25, 0.3) is 5.91 Å². The number of nitrogen functional groups attached to an aromatic ring is 1. The largest absolute Gasteiger partial charge is 0.497 e. The first kappa shape index (κ1) is 20.7. The molecule has 0 aliphatic rings. The molecule has 3 amide bonds. The number of benzene rings is 2. The van der Waals surface area contributed by atoms with Crippen LogP contribution in [-0.4, -0.2) is 24.0 Å². The number of pyridine rings is 1. The molecule has 0 spiro atoms. The first-order chi connectivity index (χ1) is 14.5. The van der Waals surface area contributed by atoms with Crippen LogP contribution in [0.2, 0.25) is 0 Å². The van der Waals surface area contributed by atoms with Gasteiger partial charge in [0.2, 0.25) is 0 Å². The van der Waals surface area contributed by atoms with Gasteiger partial charge in [-0.2, -0.15) is 0 Å². The first-order valence-electron chi connectivity index (χ1n) is 9.29. The van der Waals surface area contributed by atoms with Gasteiger partial charge in [-0.15, -0.1) is 0 Å². The fourth-order valence-corrected chi connectivity index (χ4v) is 2.66. The standard InChI is InChI=1S/C22H23N5O3/c1-30-18-8-4-16(5-9-18)13-26-22(29)25-12-15-2-6-17(7-3-15)21(28)27-20-10-11-24-14-19(20)23/h2-11,14H,12-13,23H2,1H3,(H,24,27,28)(H2,25,26,29). The number of aromatic nitrogens is 1. The first-order valence-corrected chi connectivity index (χ1v) is 9.29. The molecular weight excluding hydrogens is 382 g/mol. The zero-order chi connectivity index (χ0) is 21.3. The van der Waals surface area contributed by atoms with Gasteiger partial charge in [0, 0.05) is 24.8 Å². The lowest BCUT2D eigenvalue weighted by molar-refractivity contribution is 0.102. The van der Waals surface area contributed by atoms with E-state index in [0.29, 0.717) is 30.0 Å². The van der Waals surface area contributed by atoms with Crippen molar-refractivity contribution in [2.45, 2.75) is 13.1 Å². The lowest BCUT2D eigenvalue weighted by Crippen LogP contribution is -2.34. The average Bonchev–Trinajstić information content (AvgIpc) is 2.78. The molecule has 2 aromatic carbocycles. The third kappa shape index (κ3) is 5.71. The molecule has 1 heterocycles. The number of amides is 3. The third-order valence-electron chi connectivity index (χ3n) is 4.38. The van der Waals surface area contributed by atoms with Crippen LogP contribution in [0.3, 0.4) is 0 Å². The van der Waals surface area contributed by atoms with Crippen LogP contribution in [-0.2, 0) is 13.1 Å². The molecule has 8 nitrogen and oxygen atoms in total. The Morgan fingerprint density at radius 3 is 2.10 bits per heavy atom. The Bertz CT molecular complexity index is 1000. The fourth-order valence-electron chi connectivity index (χ4n) is 2.66. The Morgan fingerprint density at radius 2 is 1.53 bits per heavy atom. The van der Waals surface area contributed by atoms with Crippen LogP contribution in [0.5, 0.6) is 5.75 Å². The Hall–Kier alpha value is -4.07. The summed E-state index contributed by atoms with van der Waals surface area (Å²) in [5.41, 5.74) is 9.01. The summed E-state index contributed by atoms with van der Waals surface area (Å²) >= 11 is 0. The second-order valence-electron chi connectivity index (χ2n) is 6.50. The number of carbonyl (C=O) groups is 2. The molecule has 154 valence electrons. The summed E-state index contributed by atoms with van der Waals surface area (Å²) in [6.07, 6.45) is 3.03. The topological polar surface area (TPSA) is 118 Å². The quantitative estimate of drug-likeness (QED) is 0.482. The molecule has 8 heteroatoms. The smallest absolute Gasteiger partial charge is 0.315 e. The van der Waals surface area contributed by atoms with Crippen molar-refractivity contribution in [3.8, 4) is 5.75 Å². The molecule has 3 aromatic rings. The highest BCUT2D eigenvalue weighted by molar-refractivity contribution is 6.05. The Balaban J connectivity index is 1.46. The number of nitrogens with zero attached hydrogens (tertiary/aromatic N) is 1. The van der Waals surface area contributed by atoms with E-state index in [4.69, 9.17) is 10.5 Å². The highest BCUT2D eigenvalue weighted by Crippen LogP contribution is 2.16. The highest BCUT2D eigenvalue weighted by Gasteiger charge is 2.08. The maximum atomic E-state index is 12.3. The van der Waals surface area contributed by atoms with Crippen LogP contribution >= 0.6 is 0 Å². The molecule has 0 aliphatic carbocycles. The Kier molecular flexibility index (Phi) is 6.83.